The van der Waals surface area contributed by atoms with E-state index in [1.807, 2.05) is 0 Å². The van der Waals surface area contributed by atoms with Gasteiger partial charge in [0.05, 0.1) is 4.99 Å². The smallest absolute Gasteiger partial charge is 0.0784 e. The van der Waals surface area contributed by atoms with Gasteiger partial charge < -0.3 is 10.6 Å². The van der Waals surface area contributed by atoms with E-state index in [4.69, 9.17) is 18.0 Å². The number of thiocarbonyl (C=S) groups is 1. The molecule has 1 saturated heterocycles. The molecule has 2 N–H and O–H groups in total. The van der Waals surface area contributed by atoms with Gasteiger partial charge in [0.25, 0.3) is 0 Å². The lowest BCUT2D eigenvalue weighted by Crippen LogP contribution is -2.41. The molecule has 0 aliphatic carbocycles. The van der Waals surface area contributed by atoms with Crippen LogP contribution in [0.25, 0.3) is 0 Å². The Labute approximate surface area is 111 Å². The van der Waals surface area contributed by atoms with Crippen LogP contribution in [0.3, 0.4) is 0 Å². The maximum Gasteiger partial charge on any atom is 0.0784 e. The highest BCUT2D eigenvalue weighted by atomic mass is 32.1. The summed E-state index contributed by atoms with van der Waals surface area (Å²) in [5.41, 5.74) is 5.76. The van der Waals surface area contributed by atoms with E-state index in [0.29, 0.717) is 11.0 Å². The minimum Gasteiger partial charge on any atom is -0.393 e. The first kappa shape index (κ1) is 14.9. The summed E-state index contributed by atoms with van der Waals surface area (Å²) in [5, 5.41) is 0. The van der Waals surface area contributed by atoms with Crippen molar-refractivity contribution >= 4 is 17.2 Å². The molecular weight excluding hydrogens is 230 g/mol. The Bertz CT molecular complexity index is 265. The normalized spacial score (nSPS) is 24.6. The van der Waals surface area contributed by atoms with Crippen LogP contribution in [0.4, 0.5) is 0 Å². The molecule has 1 rings (SSSR count). The molecule has 100 valence electrons. The summed E-state index contributed by atoms with van der Waals surface area (Å²) >= 11 is 5.12. The molecule has 1 aliphatic rings. The molecule has 4 heteroatoms. The van der Waals surface area contributed by atoms with E-state index in [1.54, 1.807) is 0 Å². The average Bonchev–Trinajstić information content (AvgIpc) is 2.36. The van der Waals surface area contributed by atoms with Gasteiger partial charge in [-0.3, -0.25) is 4.90 Å². The fraction of sp³-hybridized carbons (Fsp3) is 0.923. The minimum atomic E-state index is -0.0206. The third-order valence-electron chi connectivity index (χ3n) is 3.88. The van der Waals surface area contributed by atoms with Crippen LogP contribution in [0, 0.1) is 5.41 Å². The Morgan fingerprint density at radius 2 is 2.06 bits per heavy atom. The van der Waals surface area contributed by atoms with E-state index in [2.05, 4.69) is 37.6 Å². The van der Waals surface area contributed by atoms with E-state index in [0.717, 1.165) is 19.5 Å². The lowest BCUT2D eigenvalue weighted by molar-refractivity contribution is 0.186. The SMILES string of the molecule is CC1CN(C)CCCN1CCC(C)(C)C(N)=S. The summed E-state index contributed by atoms with van der Waals surface area (Å²) < 4.78 is 0. The van der Waals surface area contributed by atoms with Crippen molar-refractivity contribution in [1.82, 2.24) is 9.80 Å². The van der Waals surface area contributed by atoms with E-state index in [-0.39, 0.29) is 5.41 Å². The standard InChI is InChI=1S/C13H27N3S/c1-11-10-15(4)7-5-8-16(11)9-6-13(2,3)12(14)17/h11H,5-10H2,1-4H3,(H2,14,17). The molecule has 0 saturated carbocycles. The van der Waals surface area contributed by atoms with E-state index in [1.165, 1.54) is 19.5 Å². The fourth-order valence-electron chi connectivity index (χ4n) is 2.30. The van der Waals surface area contributed by atoms with Crippen molar-refractivity contribution in [3.05, 3.63) is 0 Å². The number of rotatable bonds is 4. The quantitative estimate of drug-likeness (QED) is 0.777. The van der Waals surface area contributed by atoms with Gasteiger partial charge in [-0.15, -0.1) is 0 Å². The summed E-state index contributed by atoms with van der Waals surface area (Å²) in [6.45, 7) is 11.3. The second-order valence-electron chi connectivity index (χ2n) is 6.00. The van der Waals surface area contributed by atoms with Crippen LogP contribution in [-0.2, 0) is 0 Å². The lowest BCUT2D eigenvalue weighted by atomic mass is 9.89. The van der Waals surface area contributed by atoms with Crippen molar-refractivity contribution in [2.24, 2.45) is 11.1 Å². The van der Waals surface area contributed by atoms with Gasteiger partial charge >= 0.3 is 0 Å². The predicted molar refractivity (Wildman–Crippen MR) is 78.3 cm³/mol. The van der Waals surface area contributed by atoms with Gasteiger partial charge in [-0.1, -0.05) is 26.1 Å². The molecule has 1 heterocycles. The first-order chi connectivity index (χ1) is 7.83. The van der Waals surface area contributed by atoms with E-state index in [9.17, 15) is 0 Å². The van der Waals surface area contributed by atoms with Crippen molar-refractivity contribution in [2.75, 3.05) is 33.2 Å². The van der Waals surface area contributed by atoms with Crippen LogP contribution < -0.4 is 5.73 Å². The summed E-state index contributed by atoms with van der Waals surface area (Å²) in [6.07, 6.45) is 2.31. The molecule has 1 unspecified atom stereocenters. The first-order valence-electron chi connectivity index (χ1n) is 6.55. The number of nitrogens with two attached hydrogens (primary N) is 1. The van der Waals surface area contributed by atoms with Crippen LogP contribution >= 0.6 is 12.2 Å². The number of hydrogen-bond donors (Lipinski definition) is 1. The van der Waals surface area contributed by atoms with Crippen molar-refractivity contribution < 1.29 is 0 Å². The molecule has 3 nitrogen and oxygen atoms in total. The van der Waals surface area contributed by atoms with Crippen LogP contribution in [0.5, 0.6) is 0 Å². The van der Waals surface area contributed by atoms with Gasteiger partial charge in [0.2, 0.25) is 0 Å². The fourth-order valence-corrected chi connectivity index (χ4v) is 2.40. The monoisotopic (exact) mass is 257 g/mol. The largest absolute Gasteiger partial charge is 0.393 e. The summed E-state index contributed by atoms with van der Waals surface area (Å²) in [7, 11) is 2.21. The second kappa shape index (κ2) is 6.12. The minimum absolute atomic E-state index is 0.0206. The molecule has 17 heavy (non-hydrogen) atoms. The highest BCUT2D eigenvalue weighted by molar-refractivity contribution is 7.80. The first-order valence-corrected chi connectivity index (χ1v) is 6.96. The summed E-state index contributed by atoms with van der Waals surface area (Å²) in [5.74, 6) is 0. The van der Waals surface area contributed by atoms with Gasteiger partial charge in [0, 0.05) is 18.0 Å². The van der Waals surface area contributed by atoms with Gasteiger partial charge in [0.1, 0.15) is 0 Å². The van der Waals surface area contributed by atoms with Crippen molar-refractivity contribution in [1.29, 1.82) is 0 Å². The second-order valence-corrected chi connectivity index (χ2v) is 6.44. The molecule has 0 aromatic heterocycles. The highest BCUT2D eigenvalue weighted by Crippen LogP contribution is 2.22. The molecule has 0 radical (unpaired) electrons. The van der Waals surface area contributed by atoms with Gasteiger partial charge in [-0.25, -0.2) is 0 Å². The number of nitrogens with zero attached hydrogens (tertiary/aromatic N) is 2. The van der Waals surface area contributed by atoms with Crippen LogP contribution in [0.2, 0.25) is 0 Å². The van der Waals surface area contributed by atoms with Gasteiger partial charge in [-0.05, 0) is 46.4 Å². The molecule has 0 aromatic rings. The molecular formula is C13H27N3S. The molecule has 1 fully saturated rings. The van der Waals surface area contributed by atoms with Crippen LogP contribution in [0.1, 0.15) is 33.6 Å². The van der Waals surface area contributed by atoms with E-state index < -0.39 is 0 Å². The third-order valence-corrected chi connectivity index (χ3v) is 4.43. The molecule has 1 aliphatic heterocycles. The zero-order valence-corrected chi connectivity index (χ0v) is 12.5. The third kappa shape index (κ3) is 4.53. The zero-order valence-electron chi connectivity index (χ0n) is 11.7. The summed E-state index contributed by atoms with van der Waals surface area (Å²) in [6, 6.07) is 0.629. The Morgan fingerprint density at radius 3 is 2.65 bits per heavy atom. The molecule has 1 atom stereocenters. The Kier molecular flexibility index (Phi) is 5.35. The average molecular weight is 257 g/mol. The van der Waals surface area contributed by atoms with E-state index >= 15 is 0 Å². The van der Waals surface area contributed by atoms with Crippen molar-refractivity contribution in [3.8, 4) is 0 Å². The highest BCUT2D eigenvalue weighted by Gasteiger charge is 2.25. The number of likely N-dealkylation sites (N-methyl/N-ethyl adjacent to an activating group) is 1. The predicted octanol–water partition coefficient (Wildman–Crippen LogP) is 1.71. The van der Waals surface area contributed by atoms with Crippen molar-refractivity contribution in [3.63, 3.8) is 0 Å². The topological polar surface area (TPSA) is 32.5 Å². The van der Waals surface area contributed by atoms with Gasteiger partial charge in [-0.2, -0.15) is 0 Å². The molecule has 0 amide bonds. The Morgan fingerprint density at radius 1 is 1.41 bits per heavy atom. The maximum atomic E-state index is 5.78. The number of hydrogen-bond acceptors (Lipinski definition) is 3. The Balaban J connectivity index is 2.48. The molecule has 0 bridgehead atoms. The Hall–Kier alpha value is -0.190. The maximum absolute atomic E-state index is 5.78. The van der Waals surface area contributed by atoms with Gasteiger partial charge in [0.15, 0.2) is 0 Å². The lowest BCUT2D eigenvalue weighted by Gasteiger charge is -2.31. The summed E-state index contributed by atoms with van der Waals surface area (Å²) in [4.78, 5) is 5.63. The molecule has 0 spiro atoms. The van der Waals surface area contributed by atoms with Crippen molar-refractivity contribution in [2.45, 2.75) is 39.7 Å². The molecule has 0 aromatic carbocycles. The van der Waals surface area contributed by atoms with Crippen LogP contribution in [-0.4, -0.2) is 54.1 Å². The zero-order chi connectivity index (χ0) is 13.1. The van der Waals surface area contributed by atoms with Crippen LogP contribution in [0.15, 0.2) is 0 Å².